The molecule has 6 nitrogen and oxygen atoms in total. The number of aromatic nitrogens is 4. The molecule has 3 aromatic rings. The van der Waals surface area contributed by atoms with Crippen molar-refractivity contribution in [3.63, 3.8) is 0 Å². The van der Waals surface area contributed by atoms with Gasteiger partial charge in [-0.25, -0.2) is 0 Å². The number of hydrogen-bond donors (Lipinski definition) is 0. The van der Waals surface area contributed by atoms with E-state index >= 15 is 0 Å². The smallest absolute Gasteiger partial charge is 0.192 e. The van der Waals surface area contributed by atoms with Crippen molar-refractivity contribution in [2.45, 2.75) is 44.9 Å². The van der Waals surface area contributed by atoms with Gasteiger partial charge in [0.25, 0.3) is 0 Å². The molecule has 0 bridgehead atoms. The summed E-state index contributed by atoms with van der Waals surface area (Å²) in [7, 11) is 6.11. The number of hydrogen-bond acceptors (Lipinski definition) is 5. The second kappa shape index (κ2) is 9.62. The summed E-state index contributed by atoms with van der Waals surface area (Å²) in [4.78, 5) is 15.0. The maximum Gasteiger partial charge on any atom is 0.192 e. The number of Topliss-reactive ketones (excluding diaryl/α,β-unsaturated/α-hetero) is 1. The minimum absolute atomic E-state index is 0.122. The molecule has 0 fully saturated rings. The van der Waals surface area contributed by atoms with Gasteiger partial charge in [-0.2, -0.15) is 0 Å². The van der Waals surface area contributed by atoms with Gasteiger partial charge in [-0.3, -0.25) is 9.69 Å². The Kier molecular flexibility index (Phi) is 7.15. The molecule has 1 atom stereocenters. The molecular formula is C23H31N5OS. The van der Waals surface area contributed by atoms with Crippen molar-refractivity contribution in [3.05, 3.63) is 64.7 Å². The predicted octanol–water partition coefficient (Wildman–Crippen LogP) is 4.27. The lowest BCUT2D eigenvalue weighted by molar-refractivity contribution is 0.102. The molecular weight excluding hydrogens is 394 g/mol. The van der Waals surface area contributed by atoms with E-state index in [1.165, 1.54) is 17.3 Å². The van der Waals surface area contributed by atoms with E-state index in [4.69, 9.17) is 0 Å². The van der Waals surface area contributed by atoms with Crippen LogP contribution in [0.4, 0.5) is 0 Å². The van der Waals surface area contributed by atoms with E-state index in [0.717, 1.165) is 34.4 Å². The predicted molar refractivity (Wildman–Crippen MR) is 122 cm³/mol. The first-order valence-corrected chi connectivity index (χ1v) is 11.2. The molecule has 7 heteroatoms. The van der Waals surface area contributed by atoms with Gasteiger partial charge >= 0.3 is 0 Å². The summed E-state index contributed by atoms with van der Waals surface area (Å²) in [6.07, 6.45) is 0.937. The number of aryl methyl sites for hydroxylation is 1. The second-order valence-corrected chi connectivity index (χ2v) is 8.80. The fourth-order valence-electron chi connectivity index (χ4n) is 3.69. The summed E-state index contributed by atoms with van der Waals surface area (Å²) in [6, 6.07) is 12.5. The molecule has 160 valence electrons. The first-order chi connectivity index (χ1) is 14.3. The van der Waals surface area contributed by atoms with Crippen LogP contribution in [-0.4, -0.2) is 49.9 Å². The number of carbonyl (C=O) groups excluding carboxylic acids is 1. The van der Waals surface area contributed by atoms with Gasteiger partial charge in [0.2, 0.25) is 0 Å². The maximum absolute atomic E-state index is 12.9. The van der Waals surface area contributed by atoms with Crippen LogP contribution in [0.5, 0.6) is 0 Å². The largest absolute Gasteiger partial charge is 0.351 e. The third-order valence-corrected chi connectivity index (χ3v) is 6.61. The molecule has 0 aliphatic rings. The molecule has 0 radical (unpaired) electrons. The monoisotopic (exact) mass is 425 g/mol. The minimum Gasteiger partial charge on any atom is -0.351 e. The Hall–Kier alpha value is -2.38. The van der Waals surface area contributed by atoms with Gasteiger partial charge in [0.1, 0.15) is 0 Å². The van der Waals surface area contributed by atoms with Crippen molar-refractivity contribution in [1.82, 2.24) is 24.2 Å². The van der Waals surface area contributed by atoms with Gasteiger partial charge in [-0.05, 0) is 46.0 Å². The normalized spacial score (nSPS) is 12.5. The van der Waals surface area contributed by atoms with Gasteiger partial charge in [0.15, 0.2) is 16.8 Å². The number of nitrogens with zero attached hydrogens (tertiary/aromatic N) is 5. The van der Waals surface area contributed by atoms with Crippen LogP contribution in [0.2, 0.25) is 0 Å². The Morgan fingerprint density at radius 3 is 2.43 bits per heavy atom. The van der Waals surface area contributed by atoms with E-state index in [0.29, 0.717) is 12.3 Å². The van der Waals surface area contributed by atoms with Crippen LogP contribution in [0.15, 0.2) is 41.6 Å². The van der Waals surface area contributed by atoms with Gasteiger partial charge in [-0.15, -0.1) is 10.2 Å². The Bertz CT molecular complexity index is 1010. The Balaban J connectivity index is 1.87. The average molecular weight is 426 g/mol. The fraction of sp³-hybridized carbons (Fsp3) is 0.435. The lowest BCUT2D eigenvalue weighted by atomic mass is 10.2. The zero-order valence-electron chi connectivity index (χ0n) is 18.7. The van der Waals surface area contributed by atoms with E-state index < -0.39 is 0 Å². The maximum atomic E-state index is 12.9. The minimum atomic E-state index is 0.122. The summed E-state index contributed by atoms with van der Waals surface area (Å²) < 4.78 is 4.21. The van der Waals surface area contributed by atoms with Gasteiger partial charge in [0.05, 0.1) is 18.3 Å². The second-order valence-electron chi connectivity index (χ2n) is 7.86. The van der Waals surface area contributed by atoms with Gasteiger partial charge in [-0.1, -0.05) is 49.0 Å². The van der Waals surface area contributed by atoms with Crippen molar-refractivity contribution in [3.8, 4) is 0 Å². The molecule has 0 unspecified atom stereocenters. The number of rotatable bonds is 9. The molecule has 0 saturated carbocycles. The summed E-state index contributed by atoms with van der Waals surface area (Å²) in [5.41, 5.74) is 4.07. The quantitative estimate of drug-likeness (QED) is 0.379. The third-order valence-electron chi connectivity index (χ3n) is 5.65. The first kappa shape index (κ1) is 22.3. The molecule has 0 aliphatic heterocycles. The standard InChI is InChI=1S/C23H31N5OS/c1-7-20(26(4)5)22-24-25-23(28(22)14-18-11-9-8-10-12-18)30-15-21(29)19-13-16(2)27(6)17(19)3/h8-13,20H,7,14-15H2,1-6H3/t20-/m0/s1. The Labute approximate surface area is 183 Å². The molecule has 2 heterocycles. The van der Waals surface area contributed by atoms with Gasteiger partial charge in [0, 0.05) is 24.0 Å². The van der Waals surface area contributed by atoms with E-state index in [1.807, 2.05) is 45.2 Å². The Morgan fingerprint density at radius 1 is 1.17 bits per heavy atom. The van der Waals surface area contributed by atoms with E-state index in [9.17, 15) is 4.79 Å². The first-order valence-electron chi connectivity index (χ1n) is 10.3. The molecule has 0 amide bonds. The summed E-state index contributed by atoms with van der Waals surface area (Å²) in [6.45, 7) is 6.85. The van der Waals surface area contributed by atoms with Crippen LogP contribution in [0.1, 0.15) is 52.5 Å². The van der Waals surface area contributed by atoms with E-state index in [2.05, 4.69) is 57.4 Å². The van der Waals surface area contributed by atoms with Crippen molar-refractivity contribution < 1.29 is 4.79 Å². The van der Waals surface area contributed by atoms with Crippen molar-refractivity contribution >= 4 is 17.5 Å². The zero-order valence-corrected chi connectivity index (χ0v) is 19.5. The Morgan fingerprint density at radius 2 is 1.87 bits per heavy atom. The topological polar surface area (TPSA) is 56.0 Å². The average Bonchev–Trinajstić information content (AvgIpc) is 3.23. The van der Waals surface area contributed by atoms with Crippen molar-refractivity contribution in [1.29, 1.82) is 0 Å². The highest BCUT2D eigenvalue weighted by Gasteiger charge is 2.23. The lowest BCUT2D eigenvalue weighted by Crippen LogP contribution is -2.23. The number of benzene rings is 1. The summed E-state index contributed by atoms with van der Waals surface area (Å²) in [5.74, 6) is 1.40. The van der Waals surface area contributed by atoms with Crippen LogP contribution < -0.4 is 0 Å². The highest BCUT2D eigenvalue weighted by atomic mass is 32.2. The van der Waals surface area contributed by atoms with Crippen LogP contribution in [0.25, 0.3) is 0 Å². The van der Waals surface area contributed by atoms with Crippen LogP contribution >= 0.6 is 11.8 Å². The molecule has 0 spiro atoms. The number of thioether (sulfide) groups is 1. The molecule has 0 aliphatic carbocycles. The molecule has 0 saturated heterocycles. The zero-order chi connectivity index (χ0) is 21.8. The SMILES string of the molecule is CC[C@@H](c1nnc(SCC(=O)c2cc(C)n(C)c2C)n1Cc1ccccc1)N(C)C. The third kappa shape index (κ3) is 4.68. The van der Waals surface area contributed by atoms with E-state index in [-0.39, 0.29) is 11.8 Å². The van der Waals surface area contributed by atoms with Crippen molar-refractivity contribution in [2.75, 3.05) is 19.8 Å². The molecule has 0 N–H and O–H groups in total. The molecule has 2 aromatic heterocycles. The van der Waals surface area contributed by atoms with Gasteiger partial charge < -0.3 is 9.13 Å². The summed E-state index contributed by atoms with van der Waals surface area (Å²) >= 11 is 1.47. The highest BCUT2D eigenvalue weighted by molar-refractivity contribution is 7.99. The molecule has 3 rings (SSSR count). The fourth-order valence-corrected chi connectivity index (χ4v) is 4.52. The number of carbonyl (C=O) groups is 1. The van der Waals surface area contributed by atoms with Crippen molar-refractivity contribution in [2.24, 2.45) is 7.05 Å². The number of ketones is 1. The molecule has 30 heavy (non-hydrogen) atoms. The van der Waals surface area contributed by atoms with Crippen LogP contribution in [0, 0.1) is 13.8 Å². The van der Waals surface area contributed by atoms with E-state index in [1.54, 1.807) is 0 Å². The lowest BCUT2D eigenvalue weighted by Gasteiger charge is -2.23. The highest BCUT2D eigenvalue weighted by Crippen LogP contribution is 2.27. The van der Waals surface area contributed by atoms with Crippen LogP contribution in [0.3, 0.4) is 0 Å². The molecule has 1 aromatic carbocycles. The van der Waals surface area contributed by atoms with Crippen LogP contribution in [-0.2, 0) is 13.6 Å². The summed E-state index contributed by atoms with van der Waals surface area (Å²) in [5, 5.41) is 9.78.